The van der Waals surface area contributed by atoms with E-state index in [-0.39, 0.29) is 6.61 Å². The Kier molecular flexibility index (Phi) is 4.36. The molecule has 0 radical (unpaired) electrons. The van der Waals surface area contributed by atoms with Gasteiger partial charge in [0.2, 0.25) is 0 Å². The summed E-state index contributed by atoms with van der Waals surface area (Å²) in [5.41, 5.74) is 2.59. The highest BCUT2D eigenvalue weighted by Gasteiger charge is 2.08. The van der Waals surface area contributed by atoms with E-state index in [9.17, 15) is 5.11 Å². The summed E-state index contributed by atoms with van der Waals surface area (Å²) < 4.78 is 10.8. The summed E-state index contributed by atoms with van der Waals surface area (Å²) >= 11 is 0. The number of ether oxygens (including phenoxy) is 2. The van der Waals surface area contributed by atoms with Gasteiger partial charge in [-0.15, -0.1) is 0 Å². The number of benzene rings is 1. The summed E-state index contributed by atoms with van der Waals surface area (Å²) in [4.78, 5) is 4.12. The molecule has 0 fully saturated rings. The fourth-order valence-electron chi connectivity index (χ4n) is 1.93. The largest absolute Gasteiger partial charge is 0.496 e. The summed E-state index contributed by atoms with van der Waals surface area (Å²) in [7, 11) is 1.62. The van der Waals surface area contributed by atoms with Gasteiger partial charge < -0.3 is 14.6 Å². The maximum atomic E-state index is 9.33. The van der Waals surface area contributed by atoms with E-state index < -0.39 is 0 Å². The fourth-order valence-corrected chi connectivity index (χ4v) is 1.93. The quantitative estimate of drug-likeness (QED) is 0.896. The second-order valence-electron chi connectivity index (χ2n) is 4.03. The minimum absolute atomic E-state index is 0.0313. The third kappa shape index (κ3) is 3.03. The van der Waals surface area contributed by atoms with Crippen LogP contribution in [-0.2, 0) is 6.61 Å². The van der Waals surface area contributed by atoms with Crippen LogP contribution in [0.1, 0.15) is 12.5 Å². The maximum absolute atomic E-state index is 9.33. The van der Waals surface area contributed by atoms with Crippen molar-refractivity contribution in [2.45, 2.75) is 13.5 Å². The number of hydrogen-bond acceptors (Lipinski definition) is 4. The number of rotatable bonds is 5. The van der Waals surface area contributed by atoms with Crippen molar-refractivity contribution in [3.05, 3.63) is 42.2 Å². The molecule has 0 unspecified atom stereocenters. The molecule has 0 spiro atoms. The van der Waals surface area contributed by atoms with Crippen LogP contribution in [0.2, 0.25) is 0 Å². The molecule has 19 heavy (non-hydrogen) atoms. The zero-order valence-electron chi connectivity index (χ0n) is 11.1. The number of nitrogens with zero attached hydrogens (tertiary/aromatic N) is 1. The lowest BCUT2D eigenvalue weighted by molar-refractivity contribution is 0.280. The first kappa shape index (κ1) is 13.4. The third-order valence-electron chi connectivity index (χ3n) is 2.77. The van der Waals surface area contributed by atoms with Crippen LogP contribution >= 0.6 is 0 Å². The van der Waals surface area contributed by atoms with Crippen LogP contribution in [0.4, 0.5) is 0 Å². The topological polar surface area (TPSA) is 51.6 Å². The minimum Gasteiger partial charge on any atom is -0.496 e. The molecule has 0 aliphatic carbocycles. The Labute approximate surface area is 112 Å². The maximum Gasteiger partial charge on any atom is 0.129 e. The first-order valence-electron chi connectivity index (χ1n) is 6.14. The van der Waals surface area contributed by atoms with Gasteiger partial charge in [0.25, 0.3) is 0 Å². The van der Waals surface area contributed by atoms with Gasteiger partial charge >= 0.3 is 0 Å². The normalized spacial score (nSPS) is 10.3. The Balaban J connectivity index is 2.51. The van der Waals surface area contributed by atoms with Gasteiger partial charge in [-0.2, -0.15) is 0 Å². The lowest BCUT2D eigenvalue weighted by Gasteiger charge is -2.11. The van der Waals surface area contributed by atoms with Crippen molar-refractivity contribution >= 4 is 0 Å². The first-order chi connectivity index (χ1) is 9.28. The summed E-state index contributed by atoms with van der Waals surface area (Å²) in [6.45, 7) is 2.48. The van der Waals surface area contributed by atoms with Crippen molar-refractivity contribution in [2.24, 2.45) is 0 Å². The lowest BCUT2D eigenvalue weighted by Crippen LogP contribution is -1.95. The van der Waals surface area contributed by atoms with Crippen LogP contribution in [-0.4, -0.2) is 23.8 Å². The molecule has 4 heteroatoms. The van der Waals surface area contributed by atoms with Crippen molar-refractivity contribution in [2.75, 3.05) is 13.7 Å². The smallest absolute Gasteiger partial charge is 0.129 e. The van der Waals surface area contributed by atoms with E-state index in [1.165, 1.54) is 0 Å². The molecule has 1 N–H and O–H groups in total. The number of hydrogen-bond donors (Lipinski definition) is 1. The molecule has 1 aromatic carbocycles. The lowest BCUT2D eigenvalue weighted by atomic mass is 10.0. The summed E-state index contributed by atoms with van der Waals surface area (Å²) in [6, 6.07) is 7.46. The molecule has 1 aromatic heterocycles. The molecule has 0 atom stereocenters. The second-order valence-corrected chi connectivity index (χ2v) is 4.03. The Morgan fingerprint density at radius 1 is 1.26 bits per heavy atom. The molecule has 2 aromatic rings. The van der Waals surface area contributed by atoms with Gasteiger partial charge in [-0.1, -0.05) is 0 Å². The number of aromatic nitrogens is 1. The van der Waals surface area contributed by atoms with Crippen molar-refractivity contribution in [1.29, 1.82) is 0 Å². The average molecular weight is 259 g/mol. The van der Waals surface area contributed by atoms with Gasteiger partial charge in [0.15, 0.2) is 0 Å². The minimum atomic E-state index is -0.0313. The average Bonchev–Trinajstić information content (AvgIpc) is 2.47. The molecule has 0 saturated heterocycles. The monoisotopic (exact) mass is 259 g/mol. The first-order valence-corrected chi connectivity index (χ1v) is 6.14. The van der Waals surface area contributed by atoms with E-state index in [0.717, 1.165) is 28.2 Å². The molecule has 1 heterocycles. The molecule has 4 nitrogen and oxygen atoms in total. The highest BCUT2D eigenvalue weighted by Crippen LogP contribution is 2.32. The predicted molar refractivity (Wildman–Crippen MR) is 73.3 cm³/mol. The summed E-state index contributed by atoms with van der Waals surface area (Å²) in [5, 5.41) is 9.33. The molecule has 0 aliphatic heterocycles. The fraction of sp³-hybridized carbons (Fsp3) is 0.267. The predicted octanol–water partition coefficient (Wildman–Crippen LogP) is 2.65. The van der Waals surface area contributed by atoms with Crippen LogP contribution < -0.4 is 9.47 Å². The van der Waals surface area contributed by atoms with Gasteiger partial charge in [-0.3, -0.25) is 4.98 Å². The highest BCUT2D eigenvalue weighted by molar-refractivity contribution is 5.71. The summed E-state index contributed by atoms with van der Waals surface area (Å²) in [6.07, 6.45) is 3.42. The molecule has 2 rings (SSSR count). The molecule has 0 saturated carbocycles. The van der Waals surface area contributed by atoms with E-state index >= 15 is 0 Å². The Bertz CT molecular complexity index is 555. The molecule has 0 amide bonds. The Morgan fingerprint density at radius 2 is 2.11 bits per heavy atom. The molecule has 0 aliphatic rings. The molecular weight excluding hydrogens is 242 g/mol. The van der Waals surface area contributed by atoms with E-state index in [2.05, 4.69) is 4.98 Å². The third-order valence-corrected chi connectivity index (χ3v) is 2.77. The van der Waals surface area contributed by atoms with Gasteiger partial charge in [-0.05, 0) is 42.3 Å². The van der Waals surface area contributed by atoms with E-state index in [1.54, 1.807) is 25.6 Å². The Hall–Kier alpha value is -2.07. The van der Waals surface area contributed by atoms with Crippen molar-refractivity contribution < 1.29 is 14.6 Å². The van der Waals surface area contributed by atoms with E-state index in [1.807, 2.05) is 25.1 Å². The standard InChI is InChI=1S/C15H17NO3/c1-3-19-13-7-11(10-17)6-12(8-13)14-9-16-5-4-15(14)18-2/h4-9,17H,3,10H2,1-2H3. The van der Waals surface area contributed by atoms with Gasteiger partial charge in [0.05, 0.1) is 20.3 Å². The zero-order valence-corrected chi connectivity index (χ0v) is 11.1. The second kappa shape index (κ2) is 6.20. The molecule has 0 bridgehead atoms. The van der Waals surface area contributed by atoms with Crippen LogP contribution in [0.25, 0.3) is 11.1 Å². The van der Waals surface area contributed by atoms with Crippen molar-refractivity contribution in [3.63, 3.8) is 0 Å². The van der Waals surface area contributed by atoms with Crippen LogP contribution in [0.15, 0.2) is 36.7 Å². The molecule has 100 valence electrons. The number of methoxy groups -OCH3 is 1. The summed E-state index contributed by atoms with van der Waals surface area (Å²) in [5.74, 6) is 1.47. The van der Waals surface area contributed by atoms with Crippen molar-refractivity contribution in [1.82, 2.24) is 4.98 Å². The number of pyridine rings is 1. The number of aliphatic hydroxyl groups excluding tert-OH is 1. The van der Waals surface area contributed by atoms with Crippen LogP contribution in [0.5, 0.6) is 11.5 Å². The van der Waals surface area contributed by atoms with Crippen LogP contribution in [0.3, 0.4) is 0 Å². The van der Waals surface area contributed by atoms with Gasteiger partial charge in [-0.25, -0.2) is 0 Å². The van der Waals surface area contributed by atoms with E-state index in [0.29, 0.717) is 6.61 Å². The Morgan fingerprint density at radius 3 is 2.79 bits per heavy atom. The highest BCUT2D eigenvalue weighted by atomic mass is 16.5. The van der Waals surface area contributed by atoms with Crippen molar-refractivity contribution in [3.8, 4) is 22.6 Å². The molecular formula is C15H17NO3. The SMILES string of the molecule is CCOc1cc(CO)cc(-c2cnccc2OC)c1. The zero-order chi connectivity index (χ0) is 13.7. The van der Waals surface area contributed by atoms with Gasteiger partial charge in [0, 0.05) is 18.0 Å². The van der Waals surface area contributed by atoms with E-state index in [4.69, 9.17) is 9.47 Å². The number of aliphatic hydroxyl groups is 1. The van der Waals surface area contributed by atoms with Crippen LogP contribution in [0, 0.1) is 0 Å². The van der Waals surface area contributed by atoms with Gasteiger partial charge in [0.1, 0.15) is 11.5 Å².